The molecule has 3 aliphatic rings. The molecule has 1 aliphatic carbocycles. The number of anilines is 1. The summed E-state index contributed by atoms with van der Waals surface area (Å²) in [5.41, 5.74) is 1.32. The number of hydrogen-bond acceptors (Lipinski definition) is 4. The standard InChI is InChI=1S/C15H17NO3/c1-15-9-7-13(8-10-15)16(19-15)12-5-3-11(4-6-12)14(17)18-2/h3-7,9,13H,8,10H2,1-2H3/t13-,15+/m0/s1. The summed E-state index contributed by atoms with van der Waals surface area (Å²) in [6.45, 7) is 2.09. The highest BCUT2D eigenvalue weighted by molar-refractivity contribution is 5.89. The zero-order chi connectivity index (χ0) is 13.5. The highest BCUT2D eigenvalue weighted by atomic mass is 16.7. The van der Waals surface area contributed by atoms with Crippen molar-refractivity contribution in [2.75, 3.05) is 12.2 Å². The Kier molecular flexibility index (Phi) is 2.82. The summed E-state index contributed by atoms with van der Waals surface area (Å²) in [5.74, 6) is -0.320. The fourth-order valence-electron chi connectivity index (χ4n) is 2.60. The van der Waals surface area contributed by atoms with E-state index < -0.39 is 0 Å². The second-order valence-corrected chi connectivity index (χ2v) is 5.23. The smallest absolute Gasteiger partial charge is 0.337 e. The SMILES string of the molecule is COC(=O)c1ccc(N2O[C@]3(C)C=C[C@H]2CC3)cc1. The number of nitrogens with zero attached hydrogens (tertiary/aromatic N) is 1. The van der Waals surface area contributed by atoms with Crippen LogP contribution in [0, 0.1) is 0 Å². The van der Waals surface area contributed by atoms with E-state index >= 15 is 0 Å². The molecule has 0 radical (unpaired) electrons. The van der Waals surface area contributed by atoms with Crippen LogP contribution in [0.3, 0.4) is 0 Å². The fraction of sp³-hybridized carbons (Fsp3) is 0.400. The van der Waals surface area contributed by atoms with E-state index in [4.69, 9.17) is 9.57 Å². The maximum atomic E-state index is 11.4. The predicted octanol–water partition coefficient (Wildman–Crippen LogP) is 2.70. The van der Waals surface area contributed by atoms with Gasteiger partial charge in [-0.3, -0.25) is 4.84 Å². The zero-order valence-electron chi connectivity index (χ0n) is 11.1. The van der Waals surface area contributed by atoms with Crippen LogP contribution in [0.2, 0.25) is 0 Å². The lowest BCUT2D eigenvalue weighted by atomic mass is 9.88. The molecule has 100 valence electrons. The third-order valence-electron chi connectivity index (χ3n) is 3.76. The molecule has 4 heteroatoms. The maximum absolute atomic E-state index is 11.4. The minimum Gasteiger partial charge on any atom is -0.465 e. The number of fused-ring (bicyclic) bond motifs is 2. The van der Waals surface area contributed by atoms with Gasteiger partial charge in [-0.05, 0) is 44.0 Å². The Morgan fingerprint density at radius 1 is 1.42 bits per heavy atom. The van der Waals surface area contributed by atoms with Crippen molar-refractivity contribution >= 4 is 11.7 Å². The lowest BCUT2D eigenvalue weighted by Gasteiger charge is -2.47. The monoisotopic (exact) mass is 259 g/mol. The van der Waals surface area contributed by atoms with Crippen molar-refractivity contribution in [1.29, 1.82) is 0 Å². The van der Waals surface area contributed by atoms with E-state index in [1.165, 1.54) is 7.11 Å². The molecule has 1 fully saturated rings. The van der Waals surface area contributed by atoms with Crippen LogP contribution in [0.15, 0.2) is 36.4 Å². The van der Waals surface area contributed by atoms with Crippen LogP contribution in [0.5, 0.6) is 0 Å². The van der Waals surface area contributed by atoms with Gasteiger partial charge in [0.2, 0.25) is 0 Å². The van der Waals surface area contributed by atoms with Gasteiger partial charge in [0.15, 0.2) is 0 Å². The van der Waals surface area contributed by atoms with Gasteiger partial charge in [0, 0.05) is 0 Å². The number of carbonyl (C=O) groups is 1. The van der Waals surface area contributed by atoms with Gasteiger partial charge in [-0.1, -0.05) is 12.2 Å². The number of benzene rings is 1. The summed E-state index contributed by atoms with van der Waals surface area (Å²) in [6, 6.07) is 7.59. The molecule has 1 aromatic carbocycles. The number of methoxy groups -OCH3 is 1. The van der Waals surface area contributed by atoms with Crippen molar-refractivity contribution < 1.29 is 14.4 Å². The van der Waals surface area contributed by atoms with Crippen molar-refractivity contribution in [3.8, 4) is 0 Å². The molecular weight excluding hydrogens is 242 g/mol. The second kappa shape index (κ2) is 4.38. The van der Waals surface area contributed by atoms with E-state index in [0.717, 1.165) is 18.5 Å². The van der Waals surface area contributed by atoms with Gasteiger partial charge in [0.25, 0.3) is 0 Å². The third-order valence-corrected chi connectivity index (χ3v) is 3.76. The average Bonchev–Trinajstić information content (AvgIpc) is 2.46. The van der Waals surface area contributed by atoms with Crippen LogP contribution < -0.4 is 5.06 Å². The number of rotatable bonds is 2. The Hall–Kier alpha value is -1.81. The van der Waals surface area contributed by atoms with Gasteiger partial charge in [0.1, 0.15) is 5.60 Å². The Morgan fingerprint density at radius 2 is 2.16 bits per heavy atom. The Bertz CT molecular complexity index is 523. The normalized spacial score (nSPS) is 28.5. The molecule has 0 aromatic heterocycles. The Balaban J connectivity index is 1.84. The quantitative estimate of drug-likeness (QED) is 0.604. The number of hydroxylamine groups is 1. The minimum absolute atomic E-state index is 0.199. The number of ether oxygens (including phenoxy) is 1. The molecule has 1 aromatic rings. The van der Waals surface area contributed by atoms with Gasteiger partial charge in [0.05, 0.1) is 24.4 Å². The van der Waals surface area contributed by atoms with Crippen LogP contribution in [0.1, 0.15) is 30.1 Å². The molecule has 0 N–H and O–H groups in total. The van der Waals surface area contributed by atoms with Gasteiger partial charge in [-0.25, -0.2) is 9.86 Å². The minimum atomic E-state index is -0.320. The van der Waals surface area contributed by atoms with Crippen molar-refractivity contribution in [2.24, 2.45) is 0 Å². The van der Waals surface area contributed by atoms with Crippen LogP contribution in [-0.4, -0.2) is 24.7 Å². The van der Waals surface area contributed by atoms with Crippen molar-refractivity contribution in [3.63, 3.8) is 0 Å². The molecule has 0 saturated carbocycles. The second-order valence-electron chi connectivity index (χ2n) is 5.23. The number of hydrogen-bond donors (Lipinski definition) is 0. The van der Waals surface area contributed by atoms with E-state index in [1.54, 1.807) is 12.1 Å². The molecule has 2 heterocycles. The first-order valence-corrected chi connectivity index (χ1v) is 6.47. The molecular formula is C15H17NO3. The highest BCUT2D eigenvalue weighted by Crippen LogP contribution is 2.38. The fourth-order valence-corrected chi connectivity index (χ4v) is 2.60. The summed E-state index contributed by atoms with van der Waals surface area (Å²) in [4.78, 5) is 17.4. The van der Waals surface area contributed by atoms with Gasteiger partial charge >= 0.3 is 5.97 Å². The van der Waals surface area contributed by atoms with Gasteiger partial charge < -0.3 is 4.74 Å². The molecule has 4 rings (SSSR count). The first kappa shape index (κ1) is 12.2. The van der Waals surface area contributed by atoms with Crippen molar-refractivity contribution in [2.45, 2.75) is 31.4 Å². The Labute approximate surface area is 112 Å². The van der Waals surface area contributed by atoms with E-state index in [0.29, 0.717) is 5.56 Å². The van der Waals surface area contributed by atoms with Crippen LogP contribution >= 0.6 is 0 Å². The van der Waals surface area contributed by atoms with Gasteiger partial charge in [-0.2, -0.15) is 0 Å². The molecule has 4 nitrogen and oxygen atoms in total. The van der Waals surface area contributed by atoms with Crippen molar-refractivity contribution in [3.05, 3.63) is 42.0 Å². The number of esters is 1. The van der Waals surface area contributed by atoms with Crippen LogP contribution in [0.25, 0.3) is 0 Å². The molecule has 2 atom stereocenters. The molecule has 0 amide bonds. The first-order chi connectivity index (χ1) is 9.11. The molecule has 2 aliphatic heterocycles. The molecule has 1 saturated heterocycles. The largest absolute Gasteiger partial charge is 0.465 e. The first-order valence-electron chi connectivity index (χ1n) is 6.47. The Morgan fingerprint density at radius 3 is 2.68 bits per heavy atom. The lowest BCUT2D eigenvalue weighted by Crippen LogP contribution is -2.51. The third kappa shape index (κ3) is 2.12. The average molecular weight is 259 g/mol. The van der Waals surface area contributed by atoms with E-state index in [9.17, 15) is 4.79 Å². The van der Waals surface area contributed by atoms with E-state index in [1.807, 2.05) is 17.2 Å². The maximum Gasteiger partial charge on any atom is 0.337 e. The van der Waals surface area contributed by atoms with Crippen LogP contribution in [-0.2, 0) is 9.57 Å². The summed E-state index contributed by atoms with van der Waals surface area (Å²) < 4.78 is 4.69. The summed E-state index contributed by atoms with van der Waals surface area (Å²) >= 11 is 0. The summed E-state index contributed by atoms with van der Waals surface area (Å²) in [7, 11) is 1.38. The predicted molar refractivity (Wildman–Crippen MR) is 71.9 cm³/mol. The van der Waals surface area contributed by atoms with E-state index in [-0.39, 0.29) is 17.6 Å². The lowest BCUT2D eigenvalue weighted by molar-refractivity contribution is -0.0662. The summed E-state index contributed by atoms with van der Waals surface area (Å²) in [6.07, 6.45) is 6.47. The molecule has 19 heavy (non-hydrogen) atoms. The molecule has 2 bridgehead atoms. The van der Waals surface area contributed by atoms with Crippen molar-refractivity contribution in [1.82, 2.24) is 0 Å². The summed E-state index contributed by atoms with van der Waals surface area (Å²) in [5, 5.41) is 1.94. The zero-order valence-corrected chi connectivity index (χ0v) is 11.1. The number of carbonyl (C=O) groups excluding carboxylic acids is 1. The highest BCUT2D eigenvalue weighted by Gasteiger charge is 2.39. The molecule has 0 unspecified atom stereocenters. The van der Waals surface area contributed by atoms with Crippen LogP contribution in [0.4, 0.5) is 5.69 Å². The molecule has 0 spiro atoms. The van der Waals surface area contributed by atoms with E-state index in [2.05, 4.69) is 19.1 Å². The van der Waals surface area contributed by atoms with Gasteiger partial charge in [-0.15, -0.1) is 0 Å². The topological polar surface area (TPSA) is 38.8 Å².